The molecule has 1 aromatic carbocycles. The molecule has 1 N–H and O–H groups in total. The molecule has 0 aliphatic rings. The number of benzene rings is 1. The molecule has 2 aromatic rings. The second-order valence-corrected chi connectivity index (χ2v) is 9.32. The SMILES string of the molecule is CCCCCCN(CCCC(=O)Nc1c(SC)nc(C)nc1N(CC)CC)c1ccccc1OC. The number of unbranched alkanes of at least 4 members (excludes halogenated alkanes) is 3. The van der Waals surface area contributed by atoms with E-state index in [0.717, 1.165) is 67.0 Å². The van der Waals surface area contributed by atoms with Crippen LogP contribution < -0.4 is 19.9 Å². The average molecular weight is 502 g/mol. The number of para-hydroxylation sites is 2. The fourth-order valence-electron chi connectivity index (χ4n) is 4.15. The fraction of sp³-hybridized carbons (Fsp3) is 0.593. The largest absolute Gasteiger partial charge is 0.495 e. The first-order valence-electron chi connectivity index (χ1n) is 12.8. The van der Waals surface area contributed by atoms with Gasteiger partial charge in [0, 0.05) is 32.6 Å². The van der Waals surface area contributed by atoms with E-state index in [0.29, 0.717) is 12.2 Å². The molecule has 194 valence electrons. The molecule has 0 unspecified atom stereocenters. The van der Waals surface area contributed by atoms with Gasteiger partial charge < -0.3 is 19.9 Å². The highest BCUT2D eigenvalue weighted by molar-refractivity contribution is 7.98. The van der Waals surface area contributed by atoms with E-state index in [2.05, 4.69) is 51.9 Å². The summed E-state index contributed by atoms with van der Waals surface area (Å²) in [5.41, 5.74) is 1.81. The van der Waals surface area contributed by atoms with Crippen LogP contribution in [-0.2, 0) is 4.79 Å². The molecular weight excluding hydrogens is 458 g/mol. The summed E-state index contributed by atoms with van der Waals surface area (Å²) in [6.07, 6.45) is 7.95. The molecule has 1 heterocycles. The topological polar surface area (TPSA) is 70.6 Å². The van der Waals surface area contributed by atoms with Crippen molar-refractivity contribution < 1.29 is 9.53 Å². The van der Waals surface area contributed by atoms with E-state index >= 15 is 0 Å². The third kappa shape index (κ3) is 8.60. The zero-order valence-electron chi connectivity index (χ0n) is 22.4. The van der Waals surface area contributed by atoms with Crippen LogP contribution in [0.5, 0.6) is 5.75 Å². The molecule has 0 saturated carbocycles. The summed E-state index contributed by atoms with van der Waals surface area (Å²) in [7, 11) is 1.71. The molecule has 2 rings (SSSR count). The van der Waals surface area contributed by atoms with Crippen LogP contribution >= 0.6 is 11.8 Å². The number of carbonyl (C=O) groups is 1. The number of aryl methyl sites for hydroxylation is 1. The van der Waals surface area contributed by atoms with E-state index in [4.69, 9.17) is 4.74 Å². The molecular formula is C27H43N5O2S. The lowest BCUT2D eigenvalue weighted by molar-refractivity contribution is -0.116. The molecule has 0 spiro atoms. The Labute approximate surface area is 216 Å². The van der Waals surface area contributed by atoms with Gasteiger partial charge in [-0.25, -0.2) is 9.97 Å². The summed E-state index contributed by atoms with van der Waals surface area (Å²) >= 11 is 1.53. The van der Waals surface area contributed by atoms with Crippen LogP contribution in [0, 0.1) is 6.92 Å². The maximum atomic E-state index is 13.0. The second-order valence-electron chi connectivity index (χ2n) is 8.52. The number of ether oxygens (including phenoxy) is 1. The monoisotopic (exact) mass is 501 g/mol. The molecule has 0 radical (unpaired) electrons. The van der Waals surface area contributed by atoms with Crippen molar-refractivity contribution in [2.45, 2.75) is 71.2 Å². The van der Waals surface area contributed by atoms with Gasteiger partial charge in [-0.15, -0.1) is 11.8 Å². The smallest absolute Gasteiger partial charge is 0.224 e. The molecule has 1 aromatic heterocycles. The van der Waals surface area contributed by atoms with Gasteiger partial charge in [-0.05, 0) is 52.0 Å². The van der Waals surface area contributed by atoms with Crippen molar-refractivity contribution in [2.75, 3.05) is 54.7 Å². The average Bonchev–Trinajstić information content (AvgIpc) is 2.87. The maximum absolute atomic E-state index is 13.0. The van der Waals surface area contributed by atoms with Gasteiger partial charge in [0.15, 0.2) is 5.82 Å². The molecule has 0 fully saturated rings. The lowest BCUT2D eigenvalue weighted by atomic mass is 10.1. The van der Waals surface area contributed by atoms with Crippen LogP contribution in [0.25, 0.3) is 0 Å². The number of rotatable bonds is 16. The molecule has 0 saturated heterocycles. The number of amides is 1. The number of methoxy groups -OCH3 is 1. The van der Waals surface area contributed by atoms with Crippen molar-refractivity contribution in [2.24, 2.45) is 0 Å². The van der Waals surface area contributed by atoms with Crippen LogP contribution in [0.1, 0.15) is 65.1 Å². The van der Waals surface area contributed by atoms with Crippen LogP contribution in [-0.4, -0.2) is 55.4 Å². The van der Waals surface area contributed by atoms with Gasteiger partial charge in [0.2, 0.25) is 5.91 Å². The zero-order valence-corrected chi connectivity index (χ0v) is 23.2. The van der Waals surface area contributed by atoms with Gasteiger partial charge in [-0.2, -0.15) is 0 Å². The molecule has 0 aliphatic carbocycles. The summed E-state index contributed by atoms with van der Waals surface area (Å²) in [6, 6.07) is 8.13. The summed E-state index contributed by atoms with van der Waals surface area (Å²) < 4.78 is 5.61. The van der Waals surface area contributed by atoms with Crippen molar-refractivity contribution in [1.82, 2.24) is 9.97 Å². The van der Waals surface area contributed by atoms with Crippen LogP contribution in [0.4, 0.5) is 17.2 Å². The van der Waals surface area contributed by atoms with E-state index < -0.39 is 0 Å². The highest BCUT2D eigenvalue weighted by Gasteiger charge is 2.19. The minimum atomic E-state index is -0.00730. The molecule has 0 bridgehead atoms. The molecule has 1 amide bonds. The van der Waals surface area contributed by atoms with Gasteiger partial charge in [-0.1, -0.05) is 38.3 Å². The molecule has 35 heavy (non-hydrogen) atoms. The molecule has 0 aliphatic heterocycles. The van der Waals surface area contributed by atoms with Crippen molar-refractivity contribution in [1.29, 1.82) is 0 Å². The van der Waals surface area contributed by atoms with Crippen LogP contribution in [0.2, 0.25) is 0 Å². The Morgan fingerprint density at radius 3 is 2.37 bits per heavy atom. The van der Waals surface area contributed by atoms with Crippen molar-refractivity contribution >= 4 is 34.9 Å². The third-order valence-corrected chi connectivity index (χ3v) is 6.71. The second kappa shape index (κ2) is 15.5. The number of nitrogens with zero attached hydrogens (tertiary/aromatic N) is 4. The number of nitrogens with one attached hydrogen (secondary N) is 1. The first kappa shape index (κ1) is 28.8. The molecule has 8 heteroatoms. The van der Waals surface area contributed by atoms with Gasteiger partial charge in [0.05, 0.1) is 12.8 Å². The van der Waals surface area contributed by atoms with Crippen molar-refractivity contribution in [3.63, 3.8) is 0 Å². The predicted molar refractivity (Wildman–Crippen MR) is 149 cm³/mol. The van der Waals surface area contributed by atoms with Crippen molar-refractivity contribution in [3.8, 4) is 5.75 Å². The standard InChI is InChI=1S/C27H43N5O2S/c1-7-10-11-14-19-32(22-16-12-13-17-23(22)34-5)20-15-18-24(33)30-25-26(31(8-2)9-3)28-21(4)29-27(25)35-6/h12-13,16-17H,7-11,14-15,18-20H2,1-6H3,(H,30,33). The Morgan fingerprint density at radius 1 is 1.00 bits per heavy atom. The lowest BCUT2D eigenvalue weighted by Gasteiger charge is -2.27. The Bertz CT molecular complexity index is 920. The normalized spacial score (nSPS) is 10.8. The molecule has 7 nitrogen and oxygen atoms in total. The van der Waals surface area contributed by atoms with Crippen LogP contribution in [0.15, 0.2) is 29.3 Å². The Hall–Kier alpha value is -2.48. The van der Waals surface area contributed by atoms with Gasteiger partial charge in [0.25, 0.3) is 0 Å². The maximum Gasteiger partial charge on any atom is 0.224 e. The Morgan fingerprint density at radius 2 is 1.71 bits per heavy atom. The van der Waals surface area contributed by atoms with Gasteiger partial charge >= 0.3 is 0 Å². The fourth-order valence-corrected chi connectivity index (χ4v) is 4.72. The third-order valence-electron chi connectivity index (χ3n) is 6.03. The number of carbonyl (C=O) groups excluding carboxylic acids is 1. The first-order chi connectivity index (χ1) is 17.0. The quantitative estimate of drug-likeness (QED) is 0.168. The number of hydrogen-bond acceptors (Lipinski definition) is 7. The summed E-state index contributed by atoms with van der Waals surface area (Å²) in [4.78, 5) is 26.7. The Kier molecular flexibility index (Phi) is 12.7. The Balaban J connectivity index is 2.10. The van der Waals surface area contributed by atoms with E-state index in [-0.39, 0.29) is 5.91 Å². The summed E-state index contributed by atoms with van der Waals surface area (Å²) in [6.45, 7) is 11.7. The van der Waals surface area contributed by atoms with Crippen molar-refractivity contribution in [3.05, 3.63) is 30.1 Å². The van der Waals surface area contributed by atoms with E-state index in [1.807, 2.05) is 31.4 Å². The van der Waals surface area contributed by atoms with Crippen LogP contribution in [0.3, 0.4) is 0 Å². The first-order valence-corrected chi connectivity index (χ1v) is 14.1. The minimum absolute atomic E-state index is 0.00730. The predicted octanol–water partition coefficient (Wildman–Crippen LogP) is 6.17. The van der Waals surface area contributed by atoms with E-state index in [1.165, 1.54) is 31.0 Å². The molecule has 0 atom stereocenters. The van der Waals surface area contributed by atoms with Gasteiger partial charge in [0.1, 0.15) is 22.3 Å². The highest BCUT2D eigenvalue weighted by Crippen LogP contribution is 2.33. The number of aromatic nitrogens is 2. The van der Waals surface area contributed by atoms with Gasteiger partial charge in [-0.3, -0.25) is 4.79 Å². The number of thioether (sulfide) groups is 1. The zero-order chi connectivity index (χ0) is 25.6. The highest BCUT2D eigenvalue weighted by atomic mass is 32.2. The number of anilines is 3. The van der Waals surface area contributed by atoms with E-state index in [1.54, 1.807) is 7.11 Å². The summed E-state index contributed by atoms with van der Waals surface area (Å²) in [5, 5.41) is 3.94. The minimum Gasteiger partial charge on any atom is -0.495 e. The number of hydrogen-bond donors (Lipinski definition) is 1. The lowest BCUT2D eigenvalue weighted by Crippen LogP contribution is -2.28. The van der Waals surface area contributed by atoms with E-state index in [9.17, 15) is 4.79 Å². The summed E-state index contributed by atoms with van der Waals surface area (Å²) in [5.74, 6) is 2.38.